The Bertz CT molecular complexity index is 482. The third kappa shape index (κ3) is 3.92. The molecule has 118 valence electrons. The summed E-state index contributed by atoms with van der Waals surface area (Å²) in [5, 5.41) is 3.17. The summed E-state index contributed by atoms with van der Waals surface area (Å²) in [7, 11) is 1.90. The minimum Gasteiger partial charge on any atom is -0.371 e. The van der Waals surface area contributed by atoms with E-state index in [9.17, 15) is 13.2 Å². The number of benzene rings is 1. The first kappa shape index (κ1) is 16.6. The van der Waals surface area contributed by atoms with Crippen molar-refractivity contribution in [1.82, 2.24) is 5.32 Å². The molecule has 21 heavy (non-hydrogen) atoms. The minimum atomic E-state index is -4.06. The first-order valence-electron chi connectivity index (χ1n) is 7.11. The molecule has 1 unspecified atom stereocenters. The van der Waals surface area contributed by atoms with E-state index in [-0.39, 0.29) is 18.9 Å². The summed E-state index contributed by atoms with van der Waals surface area (Å²) < 4.78 is 39.0. The van der Waals surface area contributed by atoms with Gasteiger partial charge in [-0.2, -0.15) is 13.2 Å². The molecule has 0 amide bonds. The summed E-state index contributed by atoms with van der Waals surface area (Å²) in [6.07, 6.45) is -3.72. The summed E-state index contributed by atoms with van der Waals surface area (Å²) in [6, 6.07) is 6.29. The zero-order valence-electron chi connectivity index (χ0n) is 12.2. The van der Waals surface area contributed by atoms with E-state index in [1.165, 1.54) is 0 Å². The van der Waals surface area contributed by atoms with Gasteiger partial charge in [0.15, 0.2) is 0 Å². The summed E-state index contributed by atoms with van der Waals surface area (Å²) >= 11 is 3.54. The highest BCUT2D eigenvalue weighted by molar-refractivity contribution is 9.10. The Balaban J connectivity index is 2.07. The van der Waals surface area contributed by atoms with Gasteiger partial charge >= 0.3 is 6.18 Å². The number of piperidine rings is 1. The molecular formula is C15H20BrF3N2. The molecule has 1 aromatic carbocycles. The molecular weight excluding hydrogens is 345 g/mol. The molecule has 1 fully saturated rings. The number of nitrogens with zero attached hydrogens (tertiary/aromatic N) is 1. The van der Waals surface area contributed by atoms with Gasteiger partial charge < -0.3 is 10.2 Å². The van der Waals surface area contributed by atoms with E-state index in [0.717, 1.165) is 15.7 Å². The number of rotatable bonds is 3. The van der Waals surface area contributed by atoms with Crippen LogP contribution in [-0.4, -0.2) is 26.3 Å². The van der Waals surface area contributed by atoms with E-state index >= 15 is 0 Å². The first-order valence-corrected chi connectivity index (χ1v) is 7.90. The Morgan fingerprint density at radius 3 is 2.38 bits per heavy atom. The number of alkyl halides is 3. The topological polar surface area (TPSA) is 15.3 Å². The Hall–Kier alpha value is -0.750. The minimum absolute atomic E-state index is 0.171. The predicted octanol–water partition coefficient (Wildman–Crippen LogP) is 4.51. The standard InChI is InChI=1S/C15H20BrF3N2/c1-10(20-2)11-3-4-14(13(16)9-11)21-7-5-12(6-8-21)15(17,18)19/h3-4,9-10,12,20H,5-8H2,1-2H3. The van der Waals surface area contributed by atoms with Crippen LogP contribution < -0.4 is 10.2 Å². The van der Waals surface area contributed by atoms with Crippen molar-refractivity contribution in [2.45, 2.75) is 32.0 Å². The van der Waals surface area contributed by atoms with Gasteiger partial charge in [-0.15, -0.1) is 0 Å². The van der Waals surface area contributed by atoms with Crippen molar-refractivity contribution in [1.29, 1.82) is 0 Å². The summed E-state index contributed by atoms with van der Waals surface area (Å²) in [5.74, 6) is -1.16. The molecule has 1 atom stereocenters. The van der Waals surface area contributed by atoms with E-state index in [1.807, 2.05) is 30.1 Å². The smallest absolute Gasteiger partial charge is 0.371 e. The lowest BCUT2D eigenvalue weighted by molar-refractivity contribution is -0.179. The van der Waals surface area contributed by atoms with Crippen LogP contribution in [0, 0.1) is 5.92 Å². The highest BCUT2D eigenvalue weighted by atomic mass is 79.9. The highest BCUT2D eigenvalue weighted by Crippen LogP contribution is 2.37. The van der Waals surface area contributed by atoms with Gasteiger partial charge in [0.25, 0.3) is 0 Å². The lowest BCUT2D eigenvalue weighted by atomic mass is 9.96. The molecule has 0 saturated carbocycles. The number of anilines is 1. The number of halogens is 4. The third-order valence-corrected chi connectivity index (χ3v) is 4.84. The second kappa shape index (κ2) is 6.57. The van der Waals surface area contributed by atoms with Crippen molar-refractivity contribution in [3.8, 4) is 0 Å². The summed E-state index contributed by atoms with van der Waals surface area (Å²) in [4.78, 5) is 2.03. The summed E-state index contributed by atoms with van der Waals surface area (Å²) in [6.45, 7) is 2.96. The average Bonchev–Trinajstić information content (AvgIpc) is 2.45. The Labute approximate surface area is 131 Å². The SMILES string of the molecule is CNC(C)c1ccc(N2CCC(C(F)(F)F)CC2)c(Br)c1. The second-order valence-corrected chi connectivity index (χ2v) is 6.38. The van der Waals surface area contributed by atoms with Crippen molar-refractivity contribution >= 4 is 21.6 Å². The van der Waals surface area contributed by atoms with Gasteiger partial charge in [0.05, 0.1) is 11.6 Å². The average molecular weight is 365 g/mol. The van der Waals surface area contributed by atoms with E-state index in [4.69, 9.17) is 0 Å². The normalized spacial score (nSPS) is 18.9. The van der Waals surface area contributed by atoms with Gasteiger partial charge in [-0.25, -0.2) is 0 Å². The molecule has 1 heterocycles. The third-order valence-electron chi connectivity index (χ3n) is 4.20. The molecule has 2 nitrogen and oxygen atoms in total. The molecule has 0 radical (unpaired) electrons. The molecule has 1 aromatic rings. The first-order chi connectivity index (χ1) is 9.82. The van der Waals surface area contributed by atoms with Gasteiger partial charge in [-0.1, -0.05) is 6.07 Å². The van der Waals surface area contributed by atoms with E-state index in [2.05, 4.69) is 28.2 Å². The van der Waals surface area contributed by atoms with E-state index in [1.54, 1.807) is 0 Å². The van der Waals surface area contributed by atoms with E-state index in [0.29, 0.717) is 13.1 Å². The lowest BCUT2D eigenvalue weighted by Gasteiger charge is -2.35. The molecule has 6 heteroatoms. The maximum Gasteiger partial charge on any atom is 0.391 e. The molecule has 0 spiro atoms. The van der Waals surface area contributed by atoms with Crippen LogP contribution in [0.2, 0.25) is 0 Å². The fraction of sp³-hybridized carbons (Fsp3) is 0.600. The fourth-order valence-electron chi connectivity index (χ4n) is 2.66. The monoisotopic (exact) mass is 364 g/mol. The largest absolute Gasteiger partial charge is 0.391 e. The van der Waals surface area contributed by atoms with Crippen LogP contribution in [0.4, 0.5) is 18.9 Å². The maximum atomic E-state index is 12.7. The van der Waals surface area contributed by atoms with Crippen molar-refractivity contribution in [2.75, 3.05) is 25.0 Å². The molecule has 0 bridgehead atoms. The maximum absolute atomic E-state index is 12.7. The van der Waals surface area contributed by atoms with Crippen LogP contribution in [0.1, 0.15) is 31.4 Å². The van der Waals surface area contributed by atoms with Crippen molar-refractivity contribution < 1.29 is 13.2 Å². The van der Waals surface area contributed by atoms with E-state index < -0.39 is 12.1 Å². The van der Waals surface area contributed by atoms with Gasteiger partial charge in [0.2, 0.25) is 0 Å². The Kier molecular flexibility index (Phi) is 5.20. The zero-order valence-corrected chi connectivity index (χ0v) is 13.8. The number of hydrogen-bond donors (Lipinski definition) is 1. The van der Waals surface area contributed by atoms with Crippen LogP contribution in [0.25, 0.3) is 0 Å². The van der Waals surface area contributed by atoms with Gasteiger partial charge in [0, 0.05) is 23.6 Å². The molecule has 1 aliphatic rings. The second-order valence-electron chi connectivity index (χ2n) is 5.52. The molecule has 1 saturated heterocycles. The van der Waals surface area contributed by atoms with Crippen LogP contribution in [0.15, 0.2) is 22.7 Å². The predicted molar refractivity (Wildman–Crippen MR) is 82.6 cm³/mol. The van der Waals surface area contributed by atoms with Crippen LogP contribution in [-0.2, 0) is 0 Å². The Morgan fingerprint density at radius 2 is 1.90 bits per heavy atom. The molecule has 2 rings (SSSR count). The number of nitrogens with one attached hydrogen (secondary N) is 1. The summed E-state index contributed by atoms with van der Waals surface area (Å²) in [5.41, 5.74) is 2.13. The van der Waals surface area contributed by atoms with Gasteiger partial charge in [-0.3, -0.25) is 0 Å². The molecule has 1 aliphatic heterocycles. The molecule has 0 aromatic heterocycles. The van der Waals surface area contributed by atoms with Crippen LogP contribution in [0.3, 0.4) is 0 Å². The van der Waals surface area contributed by atoms with Crippen molar-refractivity contribution in [3.63, 3.8) is 0 Å². The quantitative estimate of drug-likeness (QED) is 0.848. The fourth-order valence-corrected chi connectivity index (χ4v) is 3.31. The van der Waals surface area contributed by atoms with Gasteiger partial charge in [-0.05, 0) is 60.4 Å². The lowest BCUT2D eigenvalue weighted by Crippen LogP contribution is -2.39. The van der Waals surface area contributed by atoms with Crippen LogP contribution >= 0.6 is 15.9 Å². The highest BCUT2D eigenvalue weighted by Gasteiger charge is 2.41. The van der Waals surface area contributed by atoms with Crippen LogP contribution in [0.5, 0.6) is 0 Å². The molecule has 0 aliphatic carbocycles. The zero-order chi connectivity index (χ0) is 15.6. The van der Waals surface area contributed by atoms with Crippen molar-refractivity contribution in [3.05, 3.63) is 28.2 Å². The Morgan fingerprint density at radius 1 is 1.29 bits per heavy atom. The van der Waals surface area contributed by atoms with Crippen molar-refractivity contribution in [2.24, 2.45) is 5.92 Å². The molecule has 1 N–H and O–H groups in total. The van der Waals surface area contributed by atoms with Gasteiger partial charge in [0.1, 0.15) is 0 Å². The number of hydrogen-bond acceptors (Lipinski definition) is 2.